The minimum atomic E-state index is -0.380. The van der Waals surface area contributed by atoms with E-state index in [9.17, 15) is 4.79 Å². The zero-order chi connectivity index (χ0) is 9.57. The normalized spacial score (nSPS) is 21.0. The number of carbonyl (C=O) groups is 1. The second-order valence-corrected chi connectivity index (χ2v) is 3.29. The van der Waals surface area contributed by atoms with Crippen LogP contribution in [-0.2, 0) is 14.3 Å². The summed E-state index contributed by atoms with van der Waals surface area (Å²) in [5, 5.41) is 0. The van der Waals surface area contributed by atoms with Crippen molar-refractivity contribution < 1.29 is 14.3 Å². The molecule has 0 spiro atoms. The zero-order valence-corrected chi connectivity index (χ0v) is 7.99. The Labute approximate surface area is 78.7 Å². The summed E-state index contributed by atoms with van der Waals surface area (Å²) in [7, 11) is 0. The summed E-state index contributed by atoms with van der Waals surface area (Å²) >= 11 is 0. The summed E-state index contributed by atoms with van der Waals surface area (Å²) in [5.41, 5.74) is 0. The quantitative estimate of drug-likeness (QED) is 0.370. The Balaban J connectivity index is 2.11. The van der Waals surface area contributed by atoms with E-state index in [1.165, 1.54) is 6.08 Å². The van der Waals surface area contributed by atoms with E-state index in [2.05, 4.69) is 0 Å². The lowest BCUT2D eigenvalue weighted by molar-refractivity contribution is -0.147. The third-order valence-electron chi connectivity index (χ3n) is 2.11. The summed E-state index contributed by atoms with van der Waals surface area (Å²) in [4.78, 5) is 9.95. The molecular weight excluding hydrogens is 168 g/mol. The molecule has 0 atom stereocenters. The van der Waals surface area contributed by atoms with Gasteiger partial charge in [-0.3, -0.25) is 4.79 Å². The van der Waals surface area contributed by atoms with E-state index in [1.54, 1.807) is 0 Å². The monoisotopic (exact) mass is 184 g/mol. The molecular formula is C10H16O3. The molecule has 74 valence electrons. The van der Waals surface area contributed by atoms with Gasteiger partial charge in [-0.25, -0.2) is 0 Å². The minimum Gasteiger partial charge on any atom is -0.348 e. The second-order valence-electron chi connectivity index (χ2n) is 3.29. The Morgan fingerprint density at radius 1 is 1.38 bits per heavy atom. The Hall–Kier alpha value is -0.670. The fourth-order valence-corrected chi connectivity index (χ4v) is 1.39. The molecule has 0 N–H and O–H groups in total. The first-order chi connectivity index (χ1) is 6.27. The van der Waals surface area contributed by atoms with Crippen LogP contribution in [0.3, 0.4) is 0 Å². The first-order valence-electron chi connectivity index (χ1n) is 4.65. The topological polar surface area (TPSA) is 35.5 Å². The molecule has 1 saturated heterocycles. The number of ether oxygens (including phenoxy) is 2. The average molecular weight is 184 g/mol. The van der Waals surface area contributed by atoms with Crippen LogP contribution in [0.15, 0.2) is 12.2 Å². The van der Waals surface area contributed by atoms with Gasteiger partial charge in [-0.2, -0.15) is 0 Å². The number of aldehydes is 1. The molecule has 0 bridgehead atoms. The number of hydrogen-bond acceptors (Lipinski definition) is 3. The van der Waals surface area contributed by atoms with Crippen molar-refractivity contribution >= 4 is 6.29 Å². The molecule has 0 unspecified atom stereocenters. The van der Waals surface area contributed by atoms with Crippen LogP contribution in [0.25, 0.3) is 0 Å². The number of carbonyl (C=O) groups excluding carboxylic acids is 1. The predicted octanol–water partition coefficient (Wildman–Crippen LogP) is 1.67. The Bertz CT molecular complexity index is 181. The smallest absolute Gasteiger partial charge is 0.165 e. The van der Waals surface area contributed by atoms with E-state index in [1.807, 2.05) is 13.0 Å². The molecule has 0 saturated carbocycles. The SMILES string of the molecule is CC1(CCC/C=C/C=O)OCCO1. The van der Waals surface area contributed by atoms with Crippen LogP contribution in [-0.4, -0.2) is 25.3 Å². The molecule has 0 aromatic heterocycles. The van der Waals surface area contributed by atoms with Crippen molar-refractivity contribution in [3.8, 4) is 0 Å². The molecule has 1 fully saturated rings. The van der Waals surface area contributed by atoms with Crippen molar-refractivity contribution in [2.24, 2.45) is 0 Å². The van der Waals surface area contributed by atoms with Crippen molar-refractivity contribution in [3.63, 3.8) is 0 Å². The predicted molar refractivity (Wildman–Crippen MR) is 49.4 cm³/mol. The van der Waals surface area contributed by atoms with Gasteiger partial charge in [-0.15, -0.1) is 0 Å². The van der Waals surface area contributed by atoms with Gasteiger partial charge in [0, 0.05) is 6.42 Å². The van der Waals surface area contributed by atoms with Gasteiger partial charge in [-0.1, -0.05) is 6.08 Å². The molecule has 13 heavy (non-hydrogen) atoms. The molecule has 0 amide bonds. The highest BCUT2D eigenvalue weighted by molar-refractivity contribution is 5.64. The van der Waals surface area contributed by atoms with Crippen molar-refractivity contribution in [1.29, 1.82) is 0 Å². The Morgan fingerprint density at radius 3 is 2.69 bits per heavy atom. The number of rotatable bonds is 5. The summed E-state index contributed by atoms with van der Waals surface area (Å²) in [5.74, 6) is -0.380. The van der Waals surface area contributed by atoms with Gasteiger partial charge in [0.15, 0.2) is 5.79 Å². The fraction of sp³-hybridized carbons (Fsp3) is 0.700. The number of hydrogen-bond donors (Lipinski definition) is 0. The molecule has 0 aliphatic carbocycles. The van der Waals surface area contributed by atoms with Crippen LogP contribution < -0.4 is 0 Å². The molecule has 1 heterocycles. The lowest BCUT2D eigenvalue weighted by atomic mass is 10.1. The minimum absolute atomic E-state index is 0.380. The summed E-state index contributed by atoms with van der Waals surface area (Å²) in [6.45, 7) is 3.35. The van der Waals surface area contributed by atoms with E-state index < -0.39 is 0 Å². The Morgan fingerprint density at radius 2 is 2.08 bits per heavy atom. The van der Waals surface area contributed by atoms with Crippen molar-refractivity contribution in [3.05, 3.63) is 12.2 Å². The fourth-order valence-electron chi connectivity index (χ4n) is 1.39. The van der Waals surface area contributed by atoms with Gasteiger partial charge >= 0.3 is 0 Å². The maximum Gasteiger partial charge on any atom is 0.165 e. The van der Waals surface area contributed by atoms with Crippen molar-refractivity contribution in [2.75, 3.05) is 13.2 Å². The molecule has 0 aromatic carbocycles. The second kappa shape index (κ2) is 5.14. The van der Waals surface area contributed by atoms with Gasteiger partial charge in [0.2, 0.25) is 0 Å². The van der Waals surface area contributed by atoms with E-state index >= 15 is 0 Å². The third kappa shape index (κ3) is 3.70. The molecule has 1 rings (SSSR count). The maximum atomic E-state index is 9.95. The highest BCUT2D eigenvalue weighted by Crippen LogP contribution is 2.24. The van der Waals surface area contributed by atoms with Crippen LogP contribution in [0.5, 0.6) is 0 Å². The first-order valence-corrected chi connectivity index (χ1v) is 4.65. The van der Waals surface area contributed by atoms with Crippen LogP contribution >= 0.6 is 0 Å². The van der Waals surface area contributed by atoms with Crippen LogP contribution in [0, 0.1) is 0 Å². The average Bonchev–Trinajstić information content (AvgIpc) is 2.53. The summed E-state index contributed by atoms with van der Waals surface area (Å²) in [6, 6.07) is 0. The highest BCUT2D eigenvalue weighted by atomic mass is 16.7. The van der Waals surface area contributed by atoms with Crippen LogP contribution in [0.2, 0.25) is 0 Å². The molecule has 1 aliphatic rings. The lowest BCUT2D eigenvalue weighted by Crippen LogP contribution is -2.24. The largest absolute Gasteiger partial charge is 0.348 e. The number of unbranched alkanes of at least 4 members (excludes halogenated alkanes) is 1. The summed E-state index contributed by atoms with van der Waals surface area (Å²) in [6.07, 6.45) is 6.96. The van der Waals surface area contributed by atoms with Crippen LogP contribution in [0.4, 0.5) is 0 Å². The number of allylic oxidation sites excluding steroid dienone is 2. The van der Waals surface area contributed by atoms with Gasteiger partial charge in [0.1, 0.15) is 6.29 Å². The molecule has 1 aliphatic heterocycles. The first kappa shape index (κ1) is 10.4. The molecule has 0 aromatic rings. The van der Waals surface area contributed by atoms with Crippen molar-refractivity contribution in [2.45, 2.75) is 32.0 Å². The Kier molecular flexibility index (Phi) is 4.12. The van der Waals surface area contributed by atoms with E-state index in [-0.39, 0.29) is 5.79 Å². The van der Waals surface area contributed by atoms with E-state index in [4.69, 9.17) is 9.47 Å². The van der Waals surface area contributed by atoms with Gasteiger partial charge in [-0.05, 0) is 25.8 Å². The standard InChI is InChI=1S/C10H16O3/c1-10(12-8-9-13-10)6-4-2-3-5-7-11/h3,5,7H,2,4,6,8-9H2,1H3/b5-3+. The van der Waals surface area contributed by atoms with E-state index in [0.29, 0.717) is 13.2 Å². The molecule has 3 nitrogen and oxygen atoms in total. The molecule has 3 heteroatoms. The van der Waals surface area contributed by atoms with Gasteiger partial charge < -0.3 is 9.47 Å². The summed E-state index contributed by atoms with van der Waals surface area (Å²) < 4.78 is 10.9. The molecule has 0 radical (unpaired) electrons. The lowest BCUT2D eigenvalue weighted by Gasteiger charge is -2.21. The zero-order valence-electron chi connectivity index (χ0n) is 7.99. The van der Waals surface area contributed by atoms with Crippen LogP contribution in [0.1, 0.15) is 26.2 Å². The van der Waals surface area contributed by atoms with Gasteiger partial charge in [0.05, 0.1) is 13.2 Å². The maximum absolute atomic E-state index is 9.95. The third-order valence-corrected chi connectivity index (χ3v) is 2.11. The van der Waals surface area contributed by atoms with Crippen molar-refractivity contribution in [1.82, 2.24) is 0 Å². The van der Waals surface area contributed by atoms with Gasteiger partial charge in [0.25, 0.3) is 0 Å². The highest BCUT2D eigenvalue weighted by Gasteiger charge is 2.29. The van der Waals surface area contributed by atoms with E-state index in [0.717, 1.165) is 25.5 Å².